The van der Waals surface area contributed by atoms with Crippen LogP contribution < -0.4 is 0 Å². The number of carbonyl (C=O) groups excluding carboxylic acids is 1. The molecule has 5 nitrogen and oxygen atoms in total. The number of nitrogens with zero attached hydrogens (tertiary/aromatic N) is 3. The van der Waals surface area contributed by atoms with Crippen molar-refractivity contribution in [3.05, 3.63) is 59.6 Å². The van der Waals surface area contributed by atoms with Crippen LogP contribution in [0.25, 0.3) is 0 Å². The molecule has 31 heavy (non-hydrogen) atoms. The minimum atomic E-state index is -0.306. The Morgan fingerprint density at radius 1 is 1.26 bits per heavy atom. The summed E-state index contributed by atoms with van der Waals surface area (Å²) in [5, 5.41) is 0. The topological polar surface area (TPSA) is 45.1 Å². The third-order valence-corrected chi connectivity index (χ3v) is 6.15. The highest BCUT2D eigenvalue weighted by Gasteiger charge is 2.50. The van der Waals surface area contributed by atoms with Crippen molar-refractivity contribution in [2.75, 3.05) is 20.3 Å². The predicted molar refractivity (Wildman–Crippen MR) is 119 cm³/mol. The number of fused-ring (bicyclic) bond motifs is 1. The Morgan fingerprint density at radius 2 is 2.10 bits per heavy atom. The van der Waals surface area contributed by atoms with Crippen LogP contribution in [0.3, 0.4) is 0 Å². The van der Waals surface area contributed by atoms with Crippen molar-refractivity contribution in [1.29, 1.82) is 0 Å². The first kappa shape index (κ1) is 21.3. The van der Waals surface area contributed by atoms with Crippen molar-refractivity contribution in [3.8, 4) is 11.8 Å². The first-order valence-corrected chi connectivity index (χ1v) is 10.9. The van der Waals surface area contributed by atoms with E-state index in [4.69, 9.17) is 9.73 Å². The van der Waals surface area contributed by atoms with Crippen molar-refractivity contribution in [2.24, 2.45) is 10.9 Å². The molecule has 0 aromatic heterocycles. The standard InChI is InChI=1S/C25H28FN3O2/c1-18-6-3-8-20(13-12-19-7-4-9-21(26)16-19)17-27-24(18)29-23-11-5-10-22(23)28(25(29)30)14-15-31-2/h3-4,7-9,16-18,22-23H,5-6,10-11,14-15H2,1-2H3. The summed E-state index contributed by atoms with van der Waals surface area (Å²) in [6.45, 7) is 3.25. The van der Waals surface area contributed by atoms with Crippen LogP contribution in [0.1, 0.15) is 38.2 Å². The highest BCUT2D eigenvalue weighted by molar-refractivity contribution is 6.01. The van der Waals surface area contributed by atoms with E-state index in [-0.39, 0.29) is 29.8 Å². The molecule has 0 bridgehead atoms. The zero-order chi connectivity index (χ0) is 21.8. The van der Waals surface area contributed by atoms with Crippen LogP contribution >= 0.6 is 0 Å². The average Bonchev–Trinajstić information content (AvgIpc) is 3.30. The molecule has 6 heteroatoms. The fourth-order valence-corrected chi connectivity index (χ4v) is 4.62. The Bertz CT molecular complexity index is 988. The highest BCUT2D eigenvalue weighted by Crippen LogP contribution is 2.37. The molecule has 1 aliphatic carbocycles. The molecule has 162 valence electrons. The van der Waals surface area contributed by atoms with Crippen molar-refractivity contribution in [3.63, 3.8) is 0 Å². The second-order valence-corrected chi connectivity index (χ2v) is 8.28. The summed E-state index contributed by atoms with van der Waals surface area (Å²) in [4.78, 5) is 21.9. The molecule has 2 amide bonds. The van der Waals surface area contributed by atoms with Gasteiger partial charge in [-0.3, -0.25) is 4.90 Å². The van der Waals surface area contributed by atoms with Crippen molar-refractivity contribution < 1.29 is 13.9 Å². The minimum Gasteiger partial charge on any atom is -0.383 e. The second-order valence-electron chi connectivity index (χ2n) is 8.28. The van der Waals surface area contributed by atoms with Gasteiger partial charge >= 0.3 is 6.03 Å². The number of carbonyl (C=O) groups is 1. The number of amidine groups is 1. The molecule has 1 aromatic rings. The maximum atomic E-state index is 13.4. The molecule has 2 aliphatic heterocycles. The summed E-state index contributed by atoms with van der Waals surface area (Å²) in [7, 11) is 1.66. The van der Waals surface area contributed by atoms with Gasteiger partial charge < -0.3 is 9.64 Å². The van der Waals surface area contributed by atoms with Crippen molar-refractivity contribution >= 4 is 11.9 Å². The molecule has 2 heterocycles. The lowest BCUT2D eigenvalue weighted by molar-refractivity contribution is 0.144. The zero-order valence-electron chi connectivity index (χ0n) is 18.1. The summed E-state index contributed by atoms with van der Waals surface area (Å²) in [6, 6.07) is 6.66. The molecule has 1 saturated heterocycles. The number of ether oxygens (including phenoxy) is 1. The van der Waals surface area contributed by atoms with Gasteiger partial charge in [-0.05, 0) is 50.0 Å². The lowest BCUT2D eigenvalue weighted by atomic mass is 10.0. The summed E-state index contributed by atoms with van der Waals surface area (Å²) in [6.07, 6.45) is 9.65. The van der Waals surface area contributed by atoms with Gasteiger partial charge in [0.05, 0.1) is 18.7 Å². The maximum Gasteiger partial charge on any atom is 0.326 e. The van der Waals surface area contributed by atoms with Crippen LogP contribution in [0.4, 0.5) is 9.18 Å². The number of halogens is 1. The summed E-state index contributed by atoms with van der Waals surface area (Å²) >= 11 is 0. The molecular formula is C25H28FN3O2. The SMILES string of the molecule is COCCN1C(=O)N(C2=NC=C(C#Cc3cccc(F)c3)C=CCC2C)C2CCCC21. The Hall–Kier alpha value is -2.91. The van der Waals surface area contributed by atoms with E-state index in [2.05, 4.69) is 24.8 Å². The van der Waals surface area contributed by atoms with Gasteiger partial charge in [0.1, 0.15) is 11.7 Å². The molecule has 0 spiro atoms. The minimum absolute atomic E-state index is 0.0303. The van der Waals surface area contributed by atoms with Gasteiger partial charge in [-0.1, -0.05) is 30.9 Å². The molecular weight excluding hydrogens is 393 g/mol. The number of rotatable bonds is 3. The number of benzene rings is 1. The number of urea groups is 1. The molecule has 0 N–H and O–H groups in total. The van der Waals surface area contributed by atoms with Crippen LogP contribution in [-0.2, 0) is 4.74 Å². The molecule has 1 saturated carbocycles. The zero-order valence-corrected chi connectivity index (χ0v) is 18.1. The third-order valence-electron chi connectivity index (χ3n) is 6.15. The number of hydrogen-bond donors (Lipinski definition) is 0. The first-order chi connectivity index (χ1) is 15.1. The number of aliphatic imine (C=N–C) groups is 1. The quantitative estimate of drug-likeness (QED) is 0.681. The normalized spacial score (nSPS) is 25.4. The molecule has 3 unspecified atom stereocenters. The lowest BCUT2D eigenvalue weighted by Gasteiger charge is -2.27. The predicted octanol–water partition coefficient (Wildman–Crippen LogP) is 4.36. The largest absolute Gasteiger partial charge is 0.383 e. The number of methoxy groups -OCH3 is 1. The van der Waals surface area contributed by atoms with Gasteiger partial charge in [0.25, 0.3) is 0 Å². The van der Waals surface area contributed by atoms with E-state index in [0.717, 1.165) is 37.1 Å². The molecule has 2 fully saturated rings. The molecule has 1 aromatic carbocycles. The smallest absolute Gasteiger partial charge is 0.326 e. The molecule has 3 atom stereocenters. The van der Waals surface area contributed by atoms with E-state index >= 15 is 0 Å². The van der Waals surface area contributed by atoms with Crippen molar-refractivity contribution in [1.82, 2.24) is 9.80 Å². The lowest BCUT2D eigenvalue weighted by Crippen LogP contribution is -2.43. The Balaban J connectivity index is 1.62. The van der Waals surface area contributed by atoms with E-state index in [1.54, 1.807) is 25.4 Å². The third kappa shape index (κ3) is 4.57. The van der Waals surface area contributed by atoms with E-state index in [1.165, 1.54) is 12.1 Å². The molecule has 3 aliphatic rings. The number of allylic oxidation sites excluding steroid dienone is 3. The van der Waals surface area contributed by atoms with E-state index in [0.29, 0.717) is 18.7 Å². The fraction of sp³-hybridized carbons (Fsp3) is 0.440. The van der Waals surface area contributed by atoms with Gasteiger partial charge in [-0.15, -0.1) is 0 Å². The van der Waals surface area contributed by atoms with Crippen LogP contribution in [0.5, 0.6) is 0 Å². The highest BCUT2D eigenvalue weighted by atomic mass is 19.1. The van der Waals surface area contributed by atoms with Gasteiger partial charge in [0, 0.05) is 36.9 Å². The van der Waals surface area contributed by atoms with Crippen LogP contribution in [0.2, 0.25) is 0 Å². The molecule has 0 radical (unpaired) electrons. The Labute approximate surface area is 183 Å². The Kier molecular flexibility index (Phi) is 6.53. The fourth-order valence-electron chi connectivity index (χ4n) is 4.62. The van der Waals surface area contributed by atoms with Crippen LogP contribution in [-0.4, -0.2) is 54.0 Å². The second kappa shape index (κ2) is 9.49. The van der Waals surface area contributed by atoms with E-state index in [1.807, 2.05) is 15.9 Å². The van der Waals surface area contributed by atoms with Crippen LogP contribution in [0.15, 0.2) is 53.2 Å². The van der Waals surface area contributed by atoms with Gasteiger partial charge in [-0.25, -0.2) is 14.2 Å². The monoisotopic (exact) mass is 421 g/mol. The average molecular weight is 422 g/mol. The summed E-state index contributed by atoms with van der Waals surface area (Å²) in [5.74, 6) is 6.69. The van der Waals surface area contributed by atoms with E-state index in [9.17, 15) is 9.18 Å². The maximum absolute atomic E-state index is 13.4. The summed E-state index contributed by atoms with van der Waals surface area (Å²) in [5.41, 5.74) is 1.35. The number of amides is 2. The number of hydrogen-bond acceptors (Lipinski definition) is 3. The van der Waals surface area contributed by atoms with E-state index < -0.39 is 0 Å². The summed E-state index contributed by atoms with van der Waals surface area (Å²) < 4.78 is 18.6. The van der Waals surface area contributed by atoms with Gasteiger partial charge in [-0.2, -0.15) is 0 Å². The van der Waals surface area contributed by atoms with Gasteiger partial charge in [0.15, 0.2) is 0 Å². The first-order valence-electron chi connectivity index (χ1n) is 10.9. The Morgan fingerprint density at radius 3 is 2.90 bits per heavy atom. The molecule has 4 rings (SSSR count). The van der Waals surface area contributed by atoms with Crippen LogP contribution in [0, 0.1) is 23.6 Å². The van der Waals surface area contributed by atoms with Gasteiger partial charge in [0.2, 0.25) is 0 Å². The van der Waals surface area contributed by atoms with Crippen molar-refractivity contribution in [2.45, 2.75) is 44.7 Å².